The van der Waals surface area contributed by atoms with Crippen molar-refractivity contribution in [2.24, 2.45) is 0 Å². The van der Waals surface area contributed by atoms with Crippen molar-refractivity contribution in [3.63, 3.8) is 0 Å². The second kappa shape index (κ2) is 7.84. The zero-order chi connectivity index (χ0) is 15.9. The van der Waals surface area contributed by atoms with E-state index in [2.05, 4.69) is 21.2 Å². The van der Waals surface area contributed by atoms with Crippen molar-refractivity contribution in [3.05, 3.63) is 58.6 Å². The molecule has 2 aromatic carbocycles. The van der Waals surface area contributed by atoms with Crippen molar-refractivity contribution < 1.29 is 14.3 Å². The van der Waals surface area contributed by atoms with Crippen molar-refractivity contribution in [2.75, 3.05) is 13.7 Å². The molecule has 2 rings (SSSR count). The molecule has 0 aromatic heterocycles. The molecule has 0 aliphatic heterocycles. The van der Waals surface area contributed by atoms with Gasteiger partial charge in [-0.1, -0.05) is 40.2 Å². The van der Waals surface area contributed by atoms with Crippen LogP contribution < -0.4 is 14.8 Å². The highest BCUT2D eigenvalue weighted by atomic mass is 79.9. The predicted molar refractivity (Wildman–Crippen MR) is 89.2 cm³/mol. The normalized spacial score (nSPS) is 11.6. The molecule has 0 radical (unpaired) electrons. The Kier molecular flexibility index (Phi) is 5.83. The molecule has 22 heavy (non-hydrogen) atoms. The molecule has 0 aliphatic carbocycles. The first-order valence-corrected chi connectivity index (χ1v) is 7.70. The fraction of sp³-hybridized carbons (Fsp3) is 0.235. The molecule has 1 amide bonds. The summed E-state index contributed by atoms with van der Waals surface area (Å²) in [6, 6.07) is 14.8. The van der Waals surface area contributed by atoms with E-state index in [4.69, 9.17) is 9.47 Å². The fourth-order valence-corrected chi connectivity index (χ4v) is 2.47. The summed E-state index contributed by atoms with van der Waals surface area (Å²) in [4.78, 5) is 12.0. The lowest BCUT2D eigenvalue weighted by Crippen LogP contribution is -2.31. The molecule has 0 unspecified atom stereocenters. The third kappa shape index (κ3) is 4.49. The van der Waals surface area contributed by atoms with Gasteiger partial charge in [-0.25, -0.2) is 0 Å². The molecular formula is C17H18BrNO3. The highest BCUT2D eigenvalue weighted by Crippen LogP contribution is 2.24. The Morgan fingerprint density at radius 3 is 2.73 bits per heavy atom. The highest BCUT2D eigenvalue weighted by molar-refractivity contribution is 9.10. The molecule has 0 saturated carbocycles. The van der Waals surface area contributed by atoms with Crippen molar-refractivity contribution in [2.45, 2.75) is 13.0 Å². The first-order chi connectivity index (χ1) is 10.6. The largest absolute Gasteiger partial charge is 0.496 e. The van der Waals surface area contributed by atoms with Crippen LogP contribution in [0.2, 0.25) is 0 Å². The van der Waals surface area contributed by atoms with Gasteiger partial charge in [0.15, 0.2) is 6.61 Å². The van der Waals surface area contributed by atoms with Gasteiger partial charge in [-0.05, 0) is 31.2 Å². The minimum absolute atomic E-state index is 0.0318. The maximum atomic E-state index is 12.0. The maximum absolute atomic E-state index is 12.0. The maximum Gasteiger partial charge on any atom is 0.258 e. The molecular weight excluding hydrogens is 346 g/mol. The van der Waals surface area contributed by atoms with Crippen molar-refractivity contribution in [3.8, 4) is 11.5 Å². The van der Waals surface area contributed by atoms with Crippen LogP contribution >= 0.6 is 15.9 Å². The van der Waals surface area contributed by atoms with E-state index in [0.29, 0.717) is 5.75 Å². The lowest BCUT2D eigenvalue weighted by Gasteiger charge is -2.17. The predicted octanol–water partition coefficient (Wildman–Crippen LogP) is 3.71. The number of ether oxygens (including phenoxy) is 2. The van der Waals surface area contributed by atoms with Gasteiger partial charge >= 0.3 is 0 Å². The van der Waals surface area contributed by atoms with E-state index in [9.17, 15) is 4.79 Å². The van der Waals surface area contributed by atoms with Gasteiger partial charge in [0.2, 0.25) is 0 Å². The Hall–Kier alpha value is -2.01. The first kappa shape index (κ1) is 16.4. The summed E-state index contributed by atoms with van der Waals surface area (Å²) in [5.41, 5.74) is 0.931. The summed E-state index contributed by atoms with van der Waals surface area (Å²) in [6.07, 6.45) is 0. The Labute approximate surface area is 138 Å². The number of carbonyl (C=O) groups is 1. The number of rotatable bonds is 6. The smallest absolute Gasteiger partial charge is 0.258 e. The number of hydrogen-bond acceptors (Lipinski definition) is 3. The fourth-order valence-electron chi connectivity index (χ4n) is 2.09. The number of halogens is 1. The number of amides is 1. The Bertz CT molecular complexity index is 645. The van der Waals surface area contributed by atoms with Crippen LogP contribution in [0, 0.1) is 0 Å². The van der Waals surface area contributed by atoms with E-state index in [1.54, 1.807) is 7.11 Å². The van der Waals surface area contributed by atoms with Gasteiger partial charge in [0.1, 0.15) is 11.5 Å². The standard InChI is InChI=1S/C17H18BrNO3/c1-12(15-8-3-4-9-16(15)21-2)19-17(20)11-22-14-7-5-6-13(18)10-14/h3-10,12H,11H2,1-2H3,(H,19,20)/t12-/m0/s1. The van der Waals surface area contributed by atoms with Gasteiger partial charge in [-0.3, -0.25) is 4.79 Å². The van der Waals surface area contributed by atoms with Gasteiger partial charge < -0.3 is 14.8 Å². The summed E-state index contributed by atoms with van der Waals surface area (Å²) in [5.74, 6) is 1.22. The summed E-state index contributed by atoms with van der Waals surface area (Å²) >= 11 is 3.36. The number of nitrogens with one attached hydrogen (secondary N) is 1. The number of hydrogen-bond donors (Lipinski definition) is 1. The van der Waals surface area contributed by atoms with E-state index in [0.717, 1.165) is 15.8 Å². The van der Waals surface area contributed by atoms with Crippen molar-refractivity contribution in [1.82, 2.24) is 5.32 Å². The minimum atomic E-state index is -0.182. The number of benzene rings is 2. The van der Waals surface area contributed by atoms with Crippen LogP contribution in [0.1, 0.15) is 18.5 Å². The second-order valence-corrected chi connectivity index (χ2v) is 5.69. The molecule has 0 aliphatic rings. The van der Waals surface area contributed by atoms with Crippen molar-refractivity contribution in [1.29, 1.82) is 0 Å². The Morgan fingerprint density at radius 2 is 2.00 bits per heavy atom. The molecule has 5 heteroatoms. The average Bonchev–Trinajstić information content (AvgIpc) is 2.53. The molecule has 2 aromatic rings. The van der Waals surface area contributed by atoms with Crippen molar-refractivity contribution >= 4 is 21.8 Å². The molecule has 0 saturated heterocycles. The molecule has 0 heterocycles. The summed E-state index contributed by atoms with van der Waals surface area (Å²) in [5, 5.41) is 2.90. The number of para-hydroxylation sites is 1. The van der Waals surface area contributed by atoms with Crippen LogP contribution in [0.5, 0.6) is 11.5 Å². The van der Waals surface area contributed by atoms with Gasteiger partial charge in [0.05, 0.1) is 13.2 Å². The molecule has 116 valence electrons. The molecule has 1 N–H and O–H groups in total. The molecule has 0 bridgehead atoms. The topological polar surface area (TPSA) is 47.6 Å². The quantitative estimate of drug-likeness (QED) is 0.850. The van der Waals surface area contributed by atoms with E-state index in [-0.39, 0.29) is 18.6 Å². The summed E-state index contributed by atoms with van der Waals surface area (Å²) in [6.45, 7) is 1.88. The van der Waals surface area contributed by atoms with E-state index >= 15 is 0 Å². The zero-order valence-corrected chi connectivity index (χ0v) is 14.1. The highest BCUT2D eigenvalue weighted by Gasteiger charge is 2.13. The number of carbonyl (C=O) groups excluding carboxylic acids is 1. The van der Waals surface area contributed by atoms with Crippen LogP contribution in [-0.4, -0.2) is 19.6 Å². The Balaban J connectivity index is 1.91. The lowest BCUT2D eigenvalue weighted by atomic mass is 10.1. The second-order valence-electron chi connectivity index (χ2n) is 4.78. The summed E-state index contributed by atoms with van der Waals surface area (Å²) in [7, 11) is 1.61. The van der Waals surface area contributed by atoms with Gasteiger partial charge in [-0.2, -0.15) is 0 Å². The third-order valence-corrected chi connectivity index (χ3v) is 3.64. The number of methoxy groups -OCH3 is 1. The minimum Gasteiger partial charge on any atom is -0.496 e. The lowest BCUT2D eigenvalue weighted by molar-refractivity contribution is -0.123. The van der Waals surface area contributed by atoms with Gasteiger partial charge in [0, 0.05) is 10.0 Å². The van der Waals surface area contributed by atoms with E-state index in [1.165, 1.54) is 0 Å². The van der Waals surface area contributed by atoms with E-state index in [1.807, 2.05) is 55.5 Å². The van der Waals surface area contributed by atoms with E-state index < -0.39 is 0 Å². The van der Waals surface area contributed by atoms with Gasteiger partial charge in [-0.15, -0.1) is 0 Å². The third-order valence-electron chi connectivity index (χ3n) is 3.15. The van der Waals surface area contributed by atoms with Crippen LogP contribution in [-0.2, 0) is 4.79 Å². The zero-order valence-electron chi connectivity index (χ0n) is 12.5. The monoisotopic (exact) mass is 363 g/mol. The first-order valence-electron chi connectivity index (χ1n) is 6.91. The van der Waals surface area contributed by atoms with Crippen LogP contribution in [0.4, 0.5) is 0 Å². The molecule has 1 atom stereocenters. The Morgan fingerprint density at radius 1 is 1.23 bits per heavy atom. The van der Waals surface area contributed by atoms with Gasteiger partial charge in [0.25, 0.3) is 5.91 Å². The molecule has 0 fully saturated rings. The SMILES string of the molecule is COc1ccccc1[C@H](C)NC(=O)COc1cccc(Br)c1. The summed E-state index contributed by atoms with van der Waals surface area (Å²) < 4.78 is 11.7. The van der Waals surface area contributed by atoms with Crippen LogP contribution in [0.25, 0.3) is 0 Å². The average molecular weight is 364 g/mol. The van der Waals surface area contributed by atoms with Crippen LogP contribution in [0.15, 0.2) is 53.0 Å². The molecule has 0 spiro atoms. The van der Waals surface area contributed by atoms with Crippen LogP contribution in [0.3, 0.4) is 0 Å². The molecule has 4 nitrogen and oxygen atoms in total.